The summed E-state index contributed by atoms with van der Waals surface area (Å²) in [4.78, 5) is 0. The third-order valence-corrected chi connectivity index (χ3v) is 5.69. The third-order valence-electron chi connectivity index (χ3n) is 3.08. The molecule has 0 aromatic carbocycles. The van der Waals surface area contributed by atoms with Crippen molar-refractivity contribution < 1.29 is 8.42 Å². The molecule has 1 N–H and O–H groups in total. The highest BCUT2D eigenvalue weighted by Crippen LogP contribution is 2.48. The van der Waals surface area contributed by atoms with Crippen LogP contribution in [0.25, 0.3) is 0 Å². The van der Waals surface area contributed by atoms with E-state index >= 15 is 0 Å². The van der Waals surface area contributed by atoms with Crippen LogP contribution < -0.4 is 4.72 Å². The van der Waals surface area contributed by atoms with Gasteiger partial charge in [0.15, 0.2) is 0 Å². The number of sulfonamides is 1. The highest BCUT2D eigenvalue weighted by atomic mass is 32.2. The smallest absolute Gasteiger partial charge is 0.208 e. The number of nitrogens with zero attached hydrogens (tertiary/aromatic N) is 2. The minimum atomic E-state index is -3.45. The van der Waals surface area contributed by atoms with E-state index in [1.54, 1.807) is 6.92 Å². The summed E-state index contributed by atoms with van der Waals surface area (Å²) in [6, 6.07) is 0. The molecule has 0 saturated heterocycles. The van der Waals surface area contributed by atoms with E-state index in [9.17, 15) is 8.42 Å². The van der Waals surface area contributed by atoms with E-state index in [2.05, 4.69) is 21.8 Å². The van der Waals surface area contributed by atoms with Crippen molar-refractivity contribution in [1.29, 1.82) is 0 Å². The van der Waals surface area contributed by atoms with Gasteiger partial charge < -0.3 is 0 Å². The van der Waals surface area contributed by atoms with Crippen molar-refractivity contribution in [2.75, 3.05) is 6.54 Å². The molecule has 0 unspecified atom stereocenters. The molecule has 16 heavy (non-hydrogen) atoms. The topological polar surface area (TPSA) is 72.0 Å². The van der Waals surface area contributed by atoms with Crippen LogP contribution in [0.15, 0.2) is 4.34 Å². The summed E-state index contributed by atoms with van der Waals surface area (Å²) in [6.45, 7) is 4.35. The number of aromatic nitrogens is 2. The van der Waals surface area contributed by atoms with E-state index in [4.69, 9.17) is 0 Å². The Morgan fingerprint density at radius 3 is 2.56 bits per heavy atom. The zero-order valence-corrected chi connectivity index (χ0v) is 11.0. The summed E-state index contributed by atoms with van der Waals surface area (Å²) in [5.74, 6) is 0. The van der Waals surface area contributed by atoms with Gasteiger partial charge in [-0.3, -0.25) is 0 Å². The third kappa shape index (κ3) is 2.41. The molecule has 1 aliphatic rings. The lowest BCUT2D eigenvalue weighted by Crippen LogP contribution is -2.30. The molecule has 0 atom stereocenters. The fraction of sp³-hybridized carbons (Fsp3) is 0.778. The van der Waals surface area contributed by atoms with Crippen molar-refractivity contribution in [3.63, 3.8) is 0 Å². The van der Waals surface area contributed by atoms with Crippen LogP contribution in [-0.4, -0.2) is 25.2 Å². The Bertz CT molecular complexity index is 477. The van der Waals surface area contributed by atoms with Gasteiger partial charge in [0.05, 0.1) is 0 Å². The first-order valence-electron chi connectivity index (χ1n) is 5.27. The van der Waals surface area contributed by atoms with Gasteiger partial charge in [-0.25, -0.2) is 13.1 Å². The van der Waals surface area contributed by atoms with Crippen LogP contribution in [-0.2, 0) is 10.0 Å². The summed E-state index contributed by atoms with van der Waals surface area (Å²) in [6.07, 6.45) is 3.24. The molecule has 0 radical (unpaired) electrons. The molecule has 1 aliphatic carbocycles. The van der Waals surface area contributed by atoms with Crippen molar-refractivity contribution in [1.82, 2.24) is 14.9 Å². The van der Waals surface area contributed by atoms with Gasteiger partial charge in [0.25, 0.3) is 10.0 Å². The maximum absolute atomic E-state index is 11.8. The summed E-state index contributed by atoms with van der Waals surface area (Å²) < 4.78 is 26.4. The first-order valence-corrected chi connectivity index (χ1v) is 7.57. The van der Waals surface area contributed by atoms with Gasteiger partial charge in [-0.15, -0.1) is 10.2 Å². The molecule has 1 heterocycles. The van der Waals surface area contributed by atoms with Gasteiger partial charge in [0.2, 0.25) is 4.34 Å². The highest BCUT2D eigenvalue weighted by Gasteiger charge is 2.41. The lowest BCUT2D eigenvalue weighted by Gasteiger charge is -2.12. The molecule has 1 fully saturated rings. The van der Waals surface area contributed by atoms with Crippen molar-refractivity contribution in [2.24, 2.45) is 5.41 Å². The van der Waals surface area contributed by atoms with Crippen LogP contribution in [0, 0.1) is 12.3 Å². The monoisotopic (exact) mass is 261 g/mol. The molecule has 2 rings (SSSR count). The molecule has 0 bridgehead atoms. The summed E-state index contributed by atoms with van der Waals surface area (Å²) in [5, 5.41) is 8.03. The minimum absolute atomic E-state index is 0.0666. The Morgan fingerprint density at radius 2 is 2.12 bits per heavy atom. The largest absolute Gasteiger partial charge is 0.269 e. The fourth-order valence-electron chi connectivity index (χ4n) is 1.53. The second kappa shape index (κ2) is 4.05. The number of hydrogen-bond acceptors (Lipinski definition) is 5. The molecule has 90 valence electrons. The van der Waals surface area contributed by atoms with E-state index in [-0.39, 0.29) is 9.75 Å². The number of aryl methyl sites for hydroxylation is 1. The molecular weight excluding hydrogens is 246 g/mol. The zero-order valence-electron chi connectivity index (χ0n) is 9.36. The van der Waals surface area contributed by atoms with Crippen LogP contribution in [0.3, 0.4) is 0 Å². The average Bonchev–Trinajstić information content (AvgIpc) is 2.91. The summed E-state index contributed by atoms with van der Waals surface area (Å²) >= 11 is 1.10. The minimum Gasteiger partial charge on any atom is -0.208 e. The maximum Gasteiger partial charge on any atom is 0.269 e. The molecule has 1 saturated carbocycles. The van der Waals surface area contributed by atoms with Gasteiger partial charge in [0.1, 0.15) is 5.01 Å². The van der Waals surface area contributed by atoms with Crippen molar-refractivity contribution in [3.05, 3.63) is 5.01 Å². The first kappa shape index (κ1) is 11.9. The predicted octanol–water partition coefficient (Wildman–Crippen LogP) is 1.32. The van der Waals surface area contributed by atoms with E-state index in [0.717, 1.165) is 30.6 Å². The lowest BCUT2D eigenvalue weighted by molar-refractivity contribution is 0.475. The summed E-state index contributed by atoms with van der Waals surface area (Å²) in [7, 11) is -3.45. The number of hydrogen-bond donors (Lipinski definition) is 1. The Kier molecular flexibility index (Phi) is 3.02. The molecule has 5 nitrogen and oxygen atoms in total. The molecule has 0 amide bonds. The van der Waals surface area contributed by atoms with Gasteiger partial charge >= 0.3 is 0 Å². The first-order chi connectivity index (χ1) is 7.47. The van der Waals surface area contributed by atoms with Crippen molar-refractivity contribution in [2.45, 2.75) is 37.4 Å². The Hall–Kier alpha value is -0.530. The molecule has 0 spiro atoms. The van der Waals surface area contributed by atoms with E-state index in [1.165, 1.54) is 0 Å². The van der Waals surface area contributed by atoms with Gasteiger partial charge in [0, 0.05) is 6.54 Å². The Balaban J connectivity index is 2.04. The van der Waals surface area contributed by atoms with Crippen LogP contribution in [0.4, 0.5) is 0 Å². The number of rotatable bonds is 5. The molecule has 1 aromatic heterocycles. The molecule has 1 aromatic rings. The average molecular weight is 261 g/mol. The van der Waals surface area contributed by atoms with E-state index in [1.807, 2.05) is 0 Å². The van der Waals surface area contributed by atoms with Crippen LogP contribution >= 0.6 is 11.3 Å². The van der Waals surface area contributed by atoms with Crippen LogP contribution in [0.2, 0.25) is 0 Å². The highest BCUT2D eigenvalue weighted by molar-refractivity contribution is 7.91. The quantitative estimate of drug-likeness (QED) is 0.867. The van der Waals surface area contributed by atoms with Gasteiger partial charge in [-0.05, 0) is 31.6 Å². The Morgan fingerprint density at radius 1 is 1.44 bits per heavy atom. The second-order valence-electron chi connectivity index (χ2n) is 4.27. The van der Waals surface area contributed by atoms with E-state index in [0.29, 0.717) is 11.6 Å². The fourth-order valence-corrected chi connectivity index (χ4v) is 3.69. The molecular formula is C9H15N3O2S2. The second-order valence-corrected chi connectivity index (χ2v) is 7.39. The SMILES string of the molecule is CCC1(CNS(=O)(=O)c2nnc(C)s2)CC1. The predicted molar refractivity (Wildman–Crippen MR) is 61.8 cm³/mol. The van der Waals surface area contributed by atoms with Crippen molar-refractivity contribution >= 4 is 21.4 Å². The summed E-state index contributed by atoms with van der Waals surface area (Å²) in [5.41, 5.74) is 0.201. The maximum atomic E-state index is 11.8. The zero-order chi connectivity index (χ0) is 11.8. The van der Waals surface area contributed by atoms with Gasteiger partial charge in [-0.2, -0.15) is 0 Å². The lowest BCUT2D eigenvalue weighted by atomic mass is 10.1. The van der Waals surface area contributed by atoms with E-state index < -0.39 is 10.0 Å². The van der Waals surface area contributed by atoms with Crippen molar-refractivity contribution in [3.8, 4) is 0 Å². The Labute approximate surface area is 99.3 Å². The van der Waals surface area contributed by atoms with Gasteiger partial charge in [-0.1, -0.05) is 18.3 Å². The number of nitrogens with one attached hydrogen (secondary N) is 1. The molecule has 7 heteroatoms. The van der Waals surface area contributed by atoms with Crippen LogP contribution in [0.5, 0.6) is 0 Å². The standard InChI is InChI=1S/C9H15N3O2S2/c1-3-9(4-5-9)6-10-16(13,14)8-12-11-7(2)15-8/h10H,3-6H2,1-2H3. The normalized spacial score (nSPS) is 18.6. The molecule has 0 aliphatic heterocycles. The van der Waals surface area contributed by atoms with Crippen LogP contribution in [0.1, 0.15) is 31.2 Å².